The smallest absolute Gasteiger partial charge is 0.307 e. The van der Waals surface area contributed by atoms with Crippen LogP contribution in [0.4, 0.5) is 10.2 Å². The number of aromatic nitrogens is 6. The van der Waals surface area contributed by atoms with Gasteiger partial charge in [0.2, 0.25) is 0 Å². The lowest BCUT2D eigenvalue weighted by Gasteiger charge is -2.36. The number of methoxy groups -OCH3 is 1. The van der Waals surface area contributed by atoms with Crippen molar-refractivity contribution in [3.8, 4) is 11.5 Å². The Morgan fingerprint density at radius 3 is 1.96 bits per heavy atom. The number of fused-ring (bicyclic) bond motifs is 2. The molecule has 50 heavy (non-hydrogen) atoms. The van der Waals surface area contributed by atoms with Gasteiger partial charge in [-0.25, -0.2) is 24.0 Å². The summed E-state index contributed by atoms with van der Waals surface area (Å²) in [5, 5.41) is 10.1. The number of esters is 1. The third-order valence-electron chi connectivity index (χ3n) is 9.27. The number of benzene rings is 3. The van der Waals surface area contributed by atoms with Gasteiger partial charge < -0.3 is 14.6 Å². The van der Waals surface area contributed by atoms with Crippen LogP contribution in [0.15, 0.2) is 116 Å². The van der Waals surface area contributed by atoms with Crippen molar-refractivity contribution in [3.05, 3.63) is 138 Å². The maximum Gasteiger partial charge on any atom is 0.307 e. The largest absolute Gasteiger partial charge is 0.469 e. The summed E-state index contributed by atoms with van der Waals surface area (Å²) in [6, 6.07) is 33.4. The van der Waals surface area contributed by atoms with E-state index in [-0.39, 0.29) is 29.7 Å². The molecule has 4 heterocycles. The Labute approximate surface area is 289 Å². The average molecular weight is 668 g/mol. The van der Waals surface area contributed by atoms with Gasteiger partial charge in [0.15, 0.2) is 11.5 Å². The van der Waals surface area contributed by atoms with Gasteiger partial charge in [-0.2, -0.15) is 5.10 Å². The first kappa shape index (κ1) is 32.6. The van der Waals surface area contributed by atoms with Crippen LogP contribution in [0.1, 0.15) is 43.9 Å². The minimum Gasteiger partial charge on any atom is -0.469 e. The lowest BCUT2D eigenvalue weighted by atomic mass is 9.77. The van der Waals surface area contributed by atoms with Gasteiger partial charge in [0.05, 0.1) is 30.5 Å². The molecule has 0 saturated heterocycles. The van der Waals surface area contributed by atoms with Crippen molar-refractivity contribution < 1.29 is 13.9 Å². The highest BCUT2D eigenvalue weighted by atomic mass is 19.1. The van der Waals surface area contributed by atoms with Crippen molar-refractivity contribution in [2.24, 2.45) is 12.5 Å². The molecule has 0 aliphatic carbocycles. The molecule has 0 amide bonds. The fourth-order valence-electron chi connectivity index (χ4n) is 6.62. The number of nitrogens with one attached hydrogen (secondary N) is 1. The normalized spacial score (nSPS) is 12.7. The molecular weight excluding hydrogens is 629 g/mol. The topological polar surface area (TPSA) is 99.8 Å². The van der Waals surface area contributed by atoms with Gasteiger partial charge in [-0.05, 0) is 34.2 Å². The summed E-state index contributed by atoms with van der Waals surface area (Å²) in [5.41, 5.74) is 2.95. The molecule has 0 aliphatic rings. The molecule has 0 bridgehead atoms. The summed E-state index contributed by atoms with van der Waals surface area (Å²) in [4.78, 5) is 27.2. The molecule has 7 rings (SSSR count). The van der Waals surface area contributed by atoms with E-state index in [9.17, 15) is 4.79 Å². The standard InChI is InChI=1S/C40H38FN7O2/c1-39(2,3)32(24-33(49)50-5)43-35-30-21-22-47(4)38(30)45-36(44-35)34-31-23-29(41)25-42-37(31)48(46-34)40(26-15-9-6-10-16-26,27-17-11-7-12-18-27)28-19-13-8-14-20-28/h6-23,25,32H,24H2,1-5H3,(H,43,44,45). The van der Waals surface area contributed by atoms with E-state index in [0.29, 0.717) is 28.2 Å². The molecule has 252 valence electrons. The van der Waals surface area contributed by atoms with Crippen LogP contribution in [0.2, 0.25) is 0 Å². The second-order valence-electron chi connectivity index (χ2n) is 13.5. The Morgan fingerprint density at radius 2 is 1.42 bits per heavy atom. The molecule has 1 atom stereocenters. The molecular formula is C40H38FN7O2. The van der Waals surface area contributed by atoms with Crippen LogP contribution in [0.3, 0.4) is 0 Å². The molecule has 7 aromatic rings. The summed E-state index contributed by atoms with van der Waals surface area (Å²) in [5.74, 6) is -0.0257. The van der Waals surface area contributed by atoms with Gasteiger partial charge in [0.1, 0.15) is 28.5 Å². The summed E-state index contributed by atoms with van der Waals surface area (Å²) in [6.45, 7) is 6.16. The third kappa shape index (κ3) is 5.66. The first-order chi connectivity index (χ1) is 24.1. The van der Waals surface area contributed by atoms with Crippen LogP contribution >= 0.6 is 0 Å². The number of anilines is 1. The molecule has 9 nitrogen and oxygen atoms in total. The Kier molecular flexibility index (Phi) is 8.39. The monoisotopic (exact) mass is 667 g/mol. The van der Waals surface area contributed by atoms with E-state index < -0.39 is 11.4 Å². The van der Waals surface area contributed by atoms with Crippen molar-refractivity contribution in [1.29, 1.82) is 0 Å². The van der Waals surface area contributed by atoms with Crippen LogP contribution < -0.4 is 5.32 Å². The van der Waals surface area contributed by atoms with Crippen LogP contribution in [0, 0.1) is 11.2 Å². The number of ether oxygens (including phenoxy) is 1. The van der Waals surface area contributed by atoms with E-state index in [4.69, 9.17) is 19.8 Å². The molecule has 4 aromatic heterocycles. The molecule has 10 heteroatoms. The third-order valence-corrected chi connectivity index (χ3v) is 9.27. The van der Waals surface area contributed by atoms with E-state index in [0.717, 1.165) is 22.1 Å². The van der Waals surface area contributed by atoms with Gasteiger partial charge in [0.25, 0.3) is 0 Å². The molecule has 3 aromatic carbocycles. The molecule has 0 fully saturated rings. The Morgan fingerprint density at radius 1 is 0.840 bits per heavy atom. The summed E-state index contributed by atoms with van der Waals surface area (Å²) in [6.07, 6.45) is 3.25. The summed E-state index contributed by atoms with van der Waals surface area (Å²) in [7, 11) is 3.29. The number of hydrogen-bond donors (Lipinski definition) is 1. The summed E-state index contributed by atoms with van der Waals surface area (Å²) >= 11 is 0. The van der Waals surface area contributed by atoms with Gasteiger partial charge in [-0.1, -0.05) is 112 Å². The van der Waals surface area contributed by atoms with Crippen molar-refractivity contribution in [1.82, 2.24) is 29.3 Å². The minimum atomic E-state index is -1.01. The number of pyridine rings is 1. The van der Waals surface area contributed by atoms with Crippen LogP contribution in [-0.2, 0) is 22.1 Å². The van der Waals surface area contributed by atoms with E-state index in [1.807, 2.05) is 83.2 Å². The van der Waals surface area contributed by atoms with Gasteiger partial charge in [0, 0.05) is 19.3 Å². The number of halogens is 1. The number of rotatable bonds is 9. The first-order valence-electron chi connectivity index (χ1n) is 16.5. The number of carbonyl (C=O) groups excluding carboxylic acids is 1. The maximum absolute atomic E-state index is 15.2. The molecule has 0 aliphatic heterocycles. The van der Waals surface area contributed by atoms with Crippen molar-refractivity contribution in [3.63, 3.8) is 0 Å². The second kappa shape index (κ2) is 12.9. The number of nitrogens with zero attached hydrogens (tertiary/aromatic N) is 6. The highest BCUT2D eigenvalue weighted by Gasteiger charge is 2.42. The Bertz CT molecular complexity index is 2200. The number of aryl methyl sites for hydroxylation is 1. The van der Waals surface area contributed by atoms with Crippen molar-refractivity contribution >= 4 is 33.9 Å². The van der Waals surface area contributed by atoms with E-state index in [1.54, 1.807) is 0 Å². The fraction of sp³-hybridized carbons (Fsp3) is 0.225. The van der Waals surface area contributed by atoms with Gasteiger partial charge in [-0.3, -0.25) is 4.79 Å². The molecule has 0 radical (unpaired) electrons. The Hall–Kier alpha value is -5.90. The van der Waals surface area contributed by atoms with E-state index >= 15 is 4.39 Å². The SMILES string of the molecule is COC(=O)CC(Nc1nc(-c2nn(C(c3ccccc3)(c3ccccc3)c3ccccc3)c3ncc(F)cc23)nc2c1ccn2C)C(C)(C)C. The molecule has 0 saturated carbocycles. The zero-order valence-electron chi connectivity index (χ0n) is 28.6. The molecule has 0 spiro atoms. The predicted molar refractivity (Wildman–Crippen MR) is 193 cm³/mol. The van der Waals surface area contributed by atoms with Crippen molar-refractivity contribution in [2.75, 3.05) is 12.4 Å². The number of hydrogen-bond acceptors (Lipinski definition) is 7. The first-order valence-corrected chi connectivity index (χ1v) is 16.5. The molecule has 1 unspecified atom stereocenters. The maximum atomic E-state index is 15.2. The lowest BCUT2D eigenvalue weighted by molar-refractivity contribution is -0.141. The highest BCUT2D eigenvalue weighted by Crippen LogP contribution is 2.43. The Balaban J connectivity index is 1.54. The van der Waals surface area contributed by atoms with Gasteiger partial charge in [-0.15, -0.1) is 0 Å². The number of carbonyl (C=O) groups is 1. The minimum absolute atomic E-state index is 0.133. The zero-order valence-corrected chi connectivity index (χ0v) is 28.6. The summed E-state index contributed by atoms with van der Waals surface area (Å²) < 4.78 is 24.0. The van der Waals surface area contributed by atoms with E-state index in [1.165, 1.54) is 19.4 Å². The second-order valence-corrected chi connectivity index (χ2v) is 13.5. The molecule has 1 N–H and O–H groups in total. The van der Waals surface area contributed by atoms with Crippen LogP contribution in [-0.4, -0.2) is 48.4 Å². The highest BCUT2D eigenvalue weighted by molar-refractivity contribution is 5.94. The van der Waals surface area contributed by atoms with Crippen LogP contribution in [0.5, 0.6) is 0 Å². The lowest BCUT2D eigenvalue weighted by Crippen LogP contribution is -2.38. The average Bonchev–Trinajstić information content (AvgIpc) is 3.69. The zero-order chi connectivity index (χ0) is 35.0. The van der Waals surface area contributed by atoms with E-state index in [2.05, 4.69) is 67.5 Å². The predicted octanol–water partition coefficient (Wildman–Crippen LogP) is 7.75. The fourth-order valence-corrected chi connectivity index (χ4v) is 6.62. The van der Waals surface area contributed by atoms with Crippen molar-refractivity contribution in [2.45, 2.75) is 38.8 Å². The van der Waals surface area contributed by atoms with Gasteiger partial charge >= 0.3 is 5.97 Å². The van der Waals surface area contributed by atoms with Crippen LogP contribution in [0.25, 0.3) is 33.6 Å². The quantitative estimate of drug-likeness (QED) is 0.124.